The van der Waals surface area contributed by atoms with Gasteiger partial charge >= 0.3 is 0 Å². The second-order valence-electron chi connectivity index (χ2n) is 5.11. The molecule has 76 valence electrons. The van der Waals surface area contributed by atoms with Crippen molar-refractivity contribution in [1.82, 2.24) is 0 Å². The first-order valence-corrected chi connectivity index (χ1v) is 5.88. The lowest BCUT2D eigenvalue weighted by molar-refractivity contribution is -0.0834. The molecule has 0 aromatic carbocycles. The summed E-state index contributed by atoms with van der Waals surface area (Å²) >= 11 is 0. The molecule has 1 heteroatoms. The third-order valence-electron chi connectivity index (χ3n) is 3.98. The van der Waals surface area contributed by atoms with Gasteiger partial charge < -0.3 is 4.74 Å². The minimum Gasteiger partial charge on any atom is -0.375 e. The number of hydrogen-bond acceptors (Lipinski definition) is 1. The molecule has 0 amide bonds. The van der Waals surface area contributed by atoms with Crippen molar-refractivity contribution in [2.24, 2.45) is 11.8 Å². The van der Waals surface area contributed by atoms with E-state index < -0.39 is 0 Å². The maximum atomic E-state index is 6.06. The van der Waals surface area contributed by atoms with Gasteiger partial charge in [-0.15, -0.1) is 0 Å². The van der Waals surface area contributed by atoms with Crippen LogP contribution in [0.3, 0.4) is 0 Å². The van der Waals surface area contributed by atoms with Gasteiger partial charge in [0.15, 0.2) is 0 Å². The van der Waals surface area contributed by atoms with Gasteiger partial charge in [-0.2, -0.15) is 0 Å². The first kappa shape index (κ1) is 9.51. The SMILES string of the molecule is CC(C)C1CCCCC12CCCO2. The molecule has 1 spiro atoms. The molecule has 1 aliphatic carbocycles. The third kappa shape index (κ3) is 1.63. The molecule has 0 bridgehead atoms. The van der Waals surface area contributed by atoms with E-state index in [-0.39, 0.29) is 0 Å². The predicted molar refractivity (Wildman–Crippen MR) is 54.7 cm³/mol. The molecule has 2 fully saturated rings. The van der Waals surface area contributed by atoms with Gasteiger partial charge in [0.25, 0.3) is 0 Å². The standard InChI is InChI=1S/C12H22O/c1-10(2)11-6-3-4-7-12(11)8-5-9-13-12/h10-11H,3-9H2,1-2H3. The van der Waals surface area contributed by atoms with Crippen molar-refractivity contribution in [3.8, 4) is 0 Å². The van der Waals surface area contributed by atoms with Gasteiger partial charge in [0.1, 0.15) is 0 Å². The van der Waals surface area contributed by atoms with Crippen molar-refractivity contribution < 1.29 is 4.74 Å². The zero-order valence-corrected chi connectivity index (χ0v) is 9.01. The highest BCUT2D eigenvalue weighted by Gasteiger charge is 2.44. The molecular formula is C12H22O. The topological polar surface area (TPSA) is 9.23 Å². The van der Waals surface area contributed by atoms with Gasteiger partial charge in [-0.25, -0.2) is 0 Å². The van der Waals surface area contributed by atoms with Crippen LogP contribution in [0.4, 0.5) is 0 Å². The lowest BCUT2D eigenvalue weighted by Gasteiger charge is -2.43. The third-order valence-corrected chi connectivity index (χ3v) is 3.98. The monoisotopic (exact) mass is 182 g/mol. The Kier molecular flexibility index (Phi) is 2.64. The van der Waals surface area contributed by atoms with Crippen LogP contribution in [-0.4, -0.2) is 12.2 Å². The maximum absolute atomic E-state index is 6.06. The summed E-state index contributed by atoms with van der Waals surface area (Å²) in [6.07, 6.45) is 8.17. The van der Waals surface area contributed by atoms with E-state index >= 15 is 0 Å². The number of hydrogen-bond donors (Lipinski definition) is 0. The smallest absolute Gasteiger partial charge is 0.0713 e. The fourth-order valence-corrected chi connectivity index (χ4v) is 3.39. The van der Waals surface area contributed by atoms with E-state index in [1.54, 1.807) is 0 Å². The second-order valence-corrected chi connectivity index (χ2v) is 5.11. The highest BCUT2D eigenvalue weighted by Crippen LogP contribution is 2.46. The maximum Gasteiger partial charge on any atom is 0.0713 e. The minimum atomic E-state index is 0.312. The van der Waals surface area contributed by atoms with E-state index in [0.717, 1.165) is 18.4 Å². The van der Waals surface area contributed by atoms with E-state index in [1.807, 2.05) is 0 Å². The van der Waals surface area contributed by atoms with Crippen molar-refractivity contribution in [3.63, 3.8) is 0 Å². The summed E-state index contributed by atoms with van der Waals surface area (Å²) < 4.78 is 6.06. The van der Waals surface area contributed by atoms with Crippen LogP contribution in [-0.2, 0) is 4.74 Å². The Hall–Kier alpha value is -0.0400. The van der Waals surface area contributed by atoms with Crippen LogP contribution >= 0.6 is 0 Å². The van der Waals surface area contributed by atoms with Crippen molar-refractivity contribution in [3.05, 3.63) is 0 Å². The van der Waals surface area contributed by atoms with Crippen LogP contribution in [0, 0.1) is 11.8 Å². The second kappa shape index (κ2) is 3.61. The van der Waals surface area contributed by atoms with Crippen molar-refractivity contribution in [2.75, 3.05) is 6.61 Å². The first-order valence-electron chi connectivity index (χ1n) is 5.88. The van der Waals surface area contributed by atoms with Gasteiger partial charge in [-0.05, 0) is 37.5 Å². The van der Waals surface area contributed by atoms with Crippen LogP contribution in [0.15, 0.2) is 0 Å². The molecule has 1 heterocycles. The average Bonchev–Trinajstić information content (AvgIpc) is 2.54. The molecule has 0 aromatic heterocycles. The molecule has 2 aliphatic rings. The summed E-state index contributed by atoms with van der Waals surface area (Å²) in [5.41, 5.74) is 0.312. The molecule has 1 saturated heterocycles. The van der Waals surface area contributed by atoms with E-state index in [0.29, 0.717) is 5.60 Å². The number of rotatable bonds is 1. The Morgan fingerprint density at radius 2 is 1.92 bits per heavy atom. The fourth-order valence-electron chi connectivity index (χ4n) is 3.39. The van der Waals surface area contributed by atoms with Gasteiger partial charge in [0, 0.05) is 6.61 Å². The normalized spacial score (nSPS) is 40.4. The number of ether oxygens (including phenoxy) is 1. The summed E-state index contributed by atoms with van der Waals surface area (Å²) in [5.74, 6) is 1.64. The zero-order chi connectivity index (χ0) is 9.31. The Morgan fingerprint density at radius 1 is 1.15 bits per heavy atom. The Labute approximate surface area is 81.9 Å². The summed E-state index contributed by atoms with van der Waals surface area (Å²) in [6, 6.07) is 0. The van der Waals surface area contributed by atoms with E-state index in [4.69, 9.17) is 4.74 Å². The van der Waals surface area contributed by atoms with Crippen LogP contribution in [0.5, 0.6) is 0 Å². The predicted octanol–water partition coefficient (Wildman–Crippen LogP) is 3.38. The molecule has 1 aliphatic heterocycles. The van der Waals surface area contributed by atoms with Crippen molar-refractivity contribution in [1.29, 1.82) is 0 Å². The van der Waals surface area contributed by atoms with E-state index in [2.05, 4.69) is 13.8 Å². The molecule has 1 saturated carbocycles. The van der Waals surface area contributed by atoms with Crippen molar-refractivity contribution >= 4 is 0 Å². The minimum absolute atomic E-state index is 0.312. The molecule has 0 radical (unpaired) electrons. The lowest BCUT2D eigenvalue weighted by Crippen LogP contribution is -2.42. The quantitative estimate of drug-likeness (QED) is 0.604. The van der Waals surface area contributed by atoms with Crippen LogP contribution in [0.1, 0.15) is 52.4 Å². The van der Waals surface area contributed by atoms with Crippen LogP contribution in [0.2, 0.25) is 0 Å². The Bertz CT molecular complexity index is 168. The van der Waals surface area contributed by atoms with Gasteiger partial charge in [0.2, 0.25) is 0 Å². The molecule has 0 N–H and O–H groups in total. The molecule has 13 heavy (non-hydrogen) atoms. The van der Waals surface area contributed by atoms with Gasteiger partial charge in [0.05, 0.1) is 5.60 Å². The van der Waals surface area contributed by atoms with Crippen LogP contribution in [0.25, 0.3) is 0 Å². The summed E-state index contributed by atoms with van der Waals surface area (Å²) in [7, 11) is 0. The summed E-state index contributed by atoms with van der Waals surface area (Å²) in [4.78, 5) is 0. The van der Waals surface area contributed by atoms with Crippen LogP contribution < -0.4 is 0 Å². The molecule has 2 rings (SSSR count). The molecule has 2 atom stereocenters. The van der Waals surface area contributed by atoms with E-state index in [9.17, 15) is 0 Å². The lowest BCUT2D eigenvalue weighted by atomic mass is 9.69. The first-order chi connectivity index (χ1) is 6.25. The Balaban J connectivity index is 2.12. The largest absolute Gasteiger partial charge is 0.375 e. The fraction of sp³-hybridized carbons (Fsp3) is 1.00. The summed E-state index contributed by atoms with van der Waals surface area (Å²) in [6.45, 7) is 5.74. The summed E-state index contributed by atoms with van der Waals surface area (Å²) in [5, 5.41) is 0. The molecular weight excluding hydrogens is 160 g/mol. The van der Waals surface area contributed by atoms with E-state index in [1.165, 1.54) is 38.5 Å². The van der Waals surface area contributed by atoms with Gasteiger partial charge in [-0.3, -0.25) is 0 Å². The van der Waals surface area contributed by atoms with Crippen molar-refractivity contribution in [2.45, 2.75) is 58.0 Å². The zero-order valence-electron chi connectivity index (χ0n) is 9.01. The average molecular weight is 182 g/mol. The molecule has 2 unspecified atom stereocenters. The molecule has 0 aromatic rings. The van der Waals surface area contributed by atoms with Gasteiger partial charge in [-0.1, -0.05) is 26.7 Å². The highest BCUT2D eigenvalue weighted by molar-refractivity contribution is 4.95. The highest BCUT2D eigenvalue weighted by atomic mass is 16.5. The Morgan fingerprint density at radius 3 is 2.54 bits per heavy atom. The molecule has 1 nitrogen and oxygen atoms in total.